The minimum Gasteiger partial charge on any atom is -0.618 e. The number of hydrogen-bond acceptors (Lipinski definition) is 10. The van der Waals surface area contributed by atoms with Gasteiger partial charge in [-0.1, -0.05) is 11.6 Å². The van der Waals surface area contributed by atoms with E-state index >= 15 is 0 Å². The van der Waals surface area contributed by atoms with E-state index in [1.807, 2.05) is 0 Å². The summed E-state index contributed by atoms with van der Waals surface area (Å²) in [7, 11) is 1.21. The standard InChI is InChI=1S/C28H27ClN2O9S/c1-27(2,3)40-26(35)30-20-6-5-18(29)11-19(20)16-9-15-7-8-28(36,23(15)31(37)12-16)25(34)39-13-21(32)17-10-22(41-14-17)24(33)38-4/h5-6,9-12,14,36H,7-8,13H2,1-4H3,(H,30,35). The van der Waals surface area contributed by atoms with E-state index < -0.39 is 41.6 Å². The quantitative estimate of drug-likeness (QED) is 0.132. The number of fused-ring (bicyclic) bond motifs is 1. The average Bonchev–Trinajstić information content (AvgIpc) is 3.53. The molecule has 0 bridgehead atoms. The van der Waals surface area contributed by atoms with Gasteiger partial charge in [0.1, 0.15) is 10.5 Å². The monoisotopic (exact) mass is 602 g/mol. The molecular weight excluding hydrogens is 576 g/mol. The smallest absolute Gasteiger partial charge is 0.412 e. The molecule has 1 aromatic carbocycles. The van der Waals surface area contributed by atoms with Crippen LogP contribution in [0, 0.1) is 5.21 Å². The summed E-state index contributed by atoms with van der Waals surface area (Å²) in [4.78, 5) is 49.7. The third-order valence-electron chi connectivity index (χ3n) is 6.17. The Kier molecular flexibility index (Phi) is 8.39. The third kappa shape index (κ3) is 6.50. The van der Waals surface area contributed by atoms with Gasteiger partial charge in [-0.05, 0) is 57.5 Å². The molecule has 0 spiro atoms. The fourth-order valence-electron chi connectivity index (χ4n) is 4.35. The van der Waals surface area contributed by atoms with Crippen molar-refractivity contribution in [3.8, 4) is 11.1 Å². The number of aromatic nitrogens is 1. The van der Waals surface area contributed by atoms with E-state index in [1.165, 1.54) is 18.6 Å². The molecule has 11 nitrogen and oxygen atoms in total. The minimum absolute atomic E-state index is 0.142. The second-order valence-electron chi connectivity index (χ2n) is 10.3. The molecule has 2 heterocycles. The number of rotatable bonds is 7. The number of carbonyl (C=O) groups is 4. The molecule has 2 aromatic heterocycles. The zero-order valence-corrected chi connectivity index (χ0v) is 24.2. The second-order valence-corrected chi connectivity index (χ2v) is 11.6. The van der Waals surface area contributed by atoms with Gasteiger partial charge in [-0.3, -0.25) is 10.1 Å². The Hall–Kier alpha value is -4.00. The molecule has 41 heavy (non-hydrogen) atoms. The second kappa shape index (κ2) is 11.5. The minimum atomic E-state index is -2.28. The van der Waals surface area contributed by atoms with E-state index in [1.54, 1.807) is 45.0 Å². The van der Waals surface area contributed by atoms with Crippen LogP contribution in [0.4, 0.5) is 10.5 Å². The summed E-state index contributed by atoms with van der Waals surface area (Å²) in [6.45, 7) is 4.47. The number of anilines is 1. The highest BCUT2D eigenvalue weighted by Gasteiger charge is 2.52. The van der Waals surface area contributed by atoms with Crippen molar-refractivity contribution in [2.75, 3.05) is 19.0 Å². The molecule has 1 amide bonds. The molecule has 0 saturated heterocycles. The molecule has 1 atom stereocenters. The molecule has 1 aliphatic rings. The number of nitrogens with zero attached hydrogens (tertiary/aromatic N) is 1. The number of aryl methyl sites for hydroxylation is 1. The molecular formula is C28H27ClN2O9S. The number of methoxy groups -OCH3 is 1. The van der Waals surface area contributed by atoms with Crippen LogP contribution >= 0.6 is 22.9 Å². The maximum absolute atomic E-state index is 13.2. The van der Waals surface area contributed by atoms with Crippen molar-refractivity contribution in [3.05, 3.63) is 73.8 Å². The first-order valence-electron chi connectivity index (χ1n) is 12.4. The molecule has 1 aliphatic carbocycles. The Morgan fingerprint density at radius 2 is 1.93 bits per heavy atom. The topological polar surface area (TPSA) is 155 Å². The summed E-state index contributed by atoms with van der Waals surface area (Å²) in [5.41, 5.74) is -1.59. The summed E-state index contributed by atoms with van der Waals surface area (Å²) < 4.78 is 15.4. The van der Waals surface area contributed by atoms with Gasteiger partial charge in [0.05, 0.1) is 12.8 Å². The Morgan fingerprint density at radius 1 is 1.20 bits per heavy atom. The zero-order chi connectivity index (χ0) is 30.1. The van der Waals surface area contributed by atoms with E-state index in [4.69, 9.17) is 21.1 Å². The van der Waals surface area contributed by atoms with Gasteiger partial charge < -0.3 is 24.5 Å². The number of esters is 2. The number of thiophene rings is 1. The lowest BCUT2D eigenvalue weighted by atomic mass is 9.99. The largest absolute Gasteiger partial charge is 0.618 e. The van der Waals surface area contributed by atoms with Crippen molar-refractivity contribution in [3.63, 3.8) is 0 Å². The maximum Gasteiger partial charge on any atom is 0.412 e. The Bertz CT molecular complexity index is 1550. The van der Waals surface area contributed by atoms with Crippen LogP contribution in [-0.4, -0.2) is 48.2 Å². The van der Waals surface area contributed by atoms with E-state index in [0.29, 0.717) is 32.1 Å². The number of carbonyl (C=O) groups excluding carboxylic acids is 4. The molecule has 3 aromatic rings. The van der Waals surface area contributed by atoms with Crippen molar-refractivity contribution in [1.29, 1.82) is 0 Å². The number of pyridine rings is 1. The Labute approximate surface area is 244 Å². The molecule has 0 aliphatic heterocycles. The van der Waals surface area contributed by atoms with Crippen molar-refractivity contribution in [1.82, 2.24) is 0 Å². The van der Waals surface area contributed by atoms with Gasteiger partial charge in [0.25, 0.3) is 0 Å². The summed E-state index contributed by atoms with van der Waals surface area (Å²) >= 11 is 7.20. The highest BCUT2D eigenvalue weighted by Crippen LogP contribution is 2.39. The van der Waals surface area contributed by atoms with E-state index in [0.717, 1.165) is 17.5 Å². The predicted molar refractivity (Wildman–Crippen MR) is 149 cm³/mol. The molecule has 4 rings (SSSR count). The van der Waals surface area contributed by atoms with Gasteiger partial charge in [-0.2, -0.15) is 4.73 Å². The fraction of sp³-hybridized carbons (Fsp3) is 0.321. The van der Waals surface area contributed by atoms with Crippen LogP contribution in [0.25, 0.3) is 11.1 Å². The summed E-state index contributed by atoms with van der Waals surface area (Å²) in [6.07, 6.45) is 0.463. The van der Waals surface area contributed by atoms with E-state index in [9.17, 15) is 29.5 Å². The Morgan fingerprint density at radius 3 is 2.61 bits per heavy atom. The number of Topliss-reactive ketones (excluding diaryl/α,β-unsaturated/α-hetero) is 1. The first-order chi connectivity index (χ1) is 19.2. The molecule has 2 N–H and O–H groups in total. The van der Waals surface area contributed by atoms with Gasteiger partial charge in [0.2, 0.25) is 17.1 Å². The SMILES string of the molecule is COC(=O)c1cc(C(=O)COC(=O)C2(O)CCc3cc(-c4cc(Cl)ccc4NC(=O)OC(C)(C)C)c[n+]([O-])c32)cs1. The van der Waals surface area contributed by atoms with E-state index in [-0.39, 0.29) is 29.0 Å². The van der Waals surface area contributed by atoms with Gasteiger partial charge in [0, 0.05) is 39.1 Å². The molecule has 1 unspecified atom stereocenters. The molecule has 0 radical (unpaired) electrons. The summed E-state index contributed by atoms with van der Waals surface area (Å²) in [5, 5.41) is 28.8. The zero-order valence-electron chi connectivity index (χ0n) is 22.6. The number of halogens is 1. The predicted octanol–water partition coefficient (Wildman–Crippen LogP) is 4.40. The number of aliphatic hydroxyl groups is 1. The van der Waals surface area contributed by atoms with Crippen LogP contribution < -0.4 is 10.0 Å². The summed E-state index contributed by atoms with van der Waals surface area (Å²) in [5.74, 6) is -2.35. The van der Waals surface area contributed by atoms with Gasteiger partial charge >= 0.3 is 18.0 Å². The lowest BCUT2D eigenvalue weighted by molar-refractivity contribution is -0.620. The van der Waals surface area contributed by atoms with Gasteiger partial charge in [0.15, 0.2) is 12.8 Å². The number of amides is 1. The average molecular weight is 603 g/mol. The van der Waals surface area contributed by atoms with Crippen LogP contribution in [-0.2, 0) is 31.0 Å². The molecule has 216 valence electrons. The first kappa shape index (κ1) is 30.0. The lowest BCUT2D eigenvalue weighted by Gasteiger charge is -2.21. The van der Waals surface area contributed by atoms with Crippen molar-refractivity contribution >= 4 is 52.4 Å². The first-order valence-corrected chi connectivity index (χ1v) is 13.6. The van der Waals surface area contributed by atoms with Crippen LogP contribution in [0.1, 0.15) is 58.5 Å². The van der Waals surface area contributed by atoms with Crippen molar-refractivity contribution < 1.29 is 43.2 Å². The third-order valence-corrected chi connectivity index (χ3v) is 7.31. The molecule has 0 saturated carbocycles. The number of ketones is 1. The number of ether oxygens (including phenoxy) is 3. The fourth-order valence-corrected chi connectivity index (χ4v) is 5.35. The number of benzene rings is 1. The van der Waals surface area contributed by atoms with Crippen LogP contribution in [0.5, 0.6) is 0 Å². The van der Waals surface area contributed by atoms with Crippen LogP contribution in [0.3, 0.4) is 0 Å². The van der Waals surface area contributed by atoms with Crippen molar-refractivity contribution in [2.24, 2.45) is 0 Å². The van der Waals surface area contributed by atoms with Crippen molar-refractivity contribution in [2.45, 2.75) is 44.8 Å². The number of nitrogens with one attached hydrogen (secondary N) is 1. The van der Waals surface area contributed by atoms with E-state index in [2.05, 4.69) is 10.1 Å². The molecule has 13 heteroatoms. The van der Waals surface area contributed by atoms with Crippen LogP contribution in [0.2, 0.25) is 5.02 Å². The lowest BCUT2D eigenvalue weighted by Crippen LogP contribution is -2.46. The normalized spacial score (nSPS) is 16.0. The van der Waals surface area contributed by atoms with Gasteiger partial charge in [-0.25, -0.2) is 14.4 Å². The molecule has 0 fully saturated rings. The maximum atomic E-state index is 13.2. The van der Waals surface area contributed by atoms with Gasteiger partial charge in [-0.15, -0.1) is 11.3 Å². The van der Waals surface area contributed by atoms with Crippen LogP contribution in [0.15, 0.2) is 41.9 Å². The Balaban J connectivity index is 1.55. The highest BCUT2D eigenvalue weighted by atomic mass is 35.5. The summed E-state index contributed by atoms with van der Waals surface area (Å²) in [6, 6.07) is 7.63. The number of hydrogen-bond donors (Lipinski definition) is 2. The highest BCUT2D eigenvalue weighted by molar-refractivity contribution is 7.12.